The van der Waals surface area contributed by atoms with E-state index in [4.69, 9.17) is 21.7 Å². The van der Waals surface area contributed by atoms with E-state index in [-0.39, 0.29) is 17.9 Å². The molecule has 3 aromatic rings. The van der Waals surface area contributed by atoms with Gasteiger partial charge in [0.15, 0.2) is 5.65 Å². The zero-order valence-corrected chi connectivity index (χ0v) is 20.5. The molecule has 34 heavy (non-hydrogen) atoms. The third-order valence-corrected chi connectivity index (χ3v) is 6.85. The molecule has 1 aromatic carbocycles. The lowest BCUT2D eigenvalue weighted by atomic mass is 9.98. The molecule has 8 nitrogen and oxygen atoms in total. The molecular formula is C25H29ClN6O2. The number of nitrogens with zero attached hydrogens (tertiary/aromatic N) is 5. The van der Waals surface area contributed by atoms with Gasteiger partial charge < -0.3 is 15.1 Å². The van der Waals surface area contributed by atoms with Crippen molar-refractivity contribution < 1.29 is 9.59 Å². The minimum atomic E-state index is -0.235. The number of piperidine rings is 1. The molecule has 9 heteroatoms. The van der Waals surface area contributed by atoms with Crippen molar-refractivity contribution in [1.29, 1.82) is 0 Å². The lowest BCUT2D eigenvalue weighted by molar-refractivity contribution is -0.114. The normalized spacial score (nSPS) is 18.8. The number of fused-ring (bicyclic) bond motifs is 1. The number of anilines is 2. The van der Waals surface area contributed by atoms with E-state index >= 15 is 0 Å². The number of hydrogen-bond donors (Lipinski definition) is 1. The molecule has 2 aromatic heterocycles. The van der Waals surface area contributed by atoms with Crippen LogP contribution in [0.3, 0.4) is 0 Å². The predicted molar refractivity (Wildman–Crippen MR) is 132 cm³/mol. The summed E-state index contributed by atoms with van der Waals surface area (Å²) in [5.74, 6) is 1.30. The van der Waals surface area contributed by atoms with Crippen LogP contribution < -0.4 is 10.2 Å². The van der Waals surface area contributed by atoms with Gasteiger partial charge in [-0.1, -0.05) is 18.5 Å². The fourth-order valence-electron chi connectivity index (χ4n) is 5.00. The highest BCUT2D eigenvalue weighted by Crippen LogP contribution is 2.34. The van der Waals surface area contributed by atoms with Crippen LogP contribution in [-0.2, 0) is 4.79 Å². The van der Waals surface area contributed by atoms with Gasteiger partial charge in [-0.15, -0.1) is 0 Å². The number of hydrogen-bond acceptors (Lipinski definition) is 5. The fourth-order valence-corrected chi connectivity index (χ4v) is 5.18. The van der Waals surface area contributed by atoms with E-state index in [9.17, 15) is 9.59 Å². The first-order chi connectivity index (χ1) is 16.3. The van der Waals surface area contributed by atoms with E-state index in [0.29, 0.717) is 28.7 Å². The van der Waals surface area contributed by atoms with Gasteiger partial charge in [0, 0.05) is 49.4 Å². The maximum absolute atomic E-state index is 13.7. The monoisotopic (exact) mass is 480 g/mol. The summed E-state index contributed by atoms with van der Waals surface area (Å²) in [4.78, 5) is 34.4. The van der Waals surface area contributed by atoms with Crippen molar-refractivity contribution in [1.82, 2.24) is 19.5 Å². The van der Waals surface area contributed by atoms with Gasteiger partial charge in [0.1, 0.15) is 5.82 Å². The van der Waals surface area contributed by atoms with E-state index in [1.54, 1.807) is 18.2 Å². The van der Waals surface area contributed by atoms with Crippen LogP contribution in [0.25, 0.3) is 5.65 Å². The summed E-state index contributed by atoms with van der Waals surface area (Å²) in [6.45, 7) is 8.39. The molecule has 2 aliphatic heterocycles. The van der Waals surface area contributed by atoms with Crippen molar-refractivity contribution in [3.8, 4) is 0 Å². The quantitative estimate of drug-likeness (QED) is 0.595. The second kappa shape index (κ2) is 8.91. The molecule has 4 heterocycles. The summed E-state index contributed by atoms with van der Waals surface area (Å²) in [6.07, 6.45) is 4.77. The topological polar surface area (TPSA) is 82.8 Å². The predicted octanol–water partition coefficient (Wildman–Crippen LogP) is 4.47. The summed E-state index contributed by atoms with van der Waals surface area (Å²) in [5.41, 5.74) is 3.56. The minimum absolute atomic E-state index is 0.160. The molecule has 2 amide bonds. The van der Waals surface area contributed by atoms with Crippen molar-refractivity contribution in [3.05, 3.63) is 52.3 Å². The molecule has 0 spiro atoms. The van der Waals surface area contributed by atoms with Gasteiger partial charge in [0.2, 0.25) is 5.91 Å². The molecule has 1 atom stereocenters. The molecule has 0 saturated carbocycles. The summed E-state index contributed by atoms with van der Waals surface area (Å²) in [6, 6.07) is 6.79. The van der Waals surface area contributed by atoms with Gasteiger partial charge in [-0.05, 0) is 50.3 Å². The molecule has 2 saturated heterocycles. The number of nitrogens with one attached hydrogen (secondary N) is 1. The zero-order valence-electron chi connectivity index (χ0n) is 19.7. The Bertz CT molecular complexity index is 1270. The maximum atomic E-state index is 13.7. The molecule has 178 valence electrons. The van der Waals surface area contributed by atoms with Gasteiger partial charge >= 0.3 is 0 Å². The molecular weight excluding hydrogens is 452 g/mol. The third kappa shape index (κ3) is 4.22. The smallest absolute Gasteiger partial charge is 0.256 e. The average Bonchev–Trinajstić information content (AvgIpc) is 3.19. The highest BCUT2D eigenvalue weighted by Gasteiger charge is 2.32. The van der Waals surface area contributed by atoms with Gasteiger partial charge in [-0.2, -0.15) is 5.10 Å². The van der Waals surface area contributed by atoms with Gasteiger partial charge in [-0.25, -0.2) is 9.50 Å². The van der Waals surface area contributed by atoms with E-state index in [2.05, 4.69) is 24.1 Å². The highest BCUT2D eigenvalue weighted by molar-refractivity contribution is 6.31. The van der Waals surface area contributed by atoms with Crippen LogP contribution in [0.4, 0.5) is 11.5 Å². The third-order valence-electron chi connectivity index (χ3n) is 6.62. The van der Waals surface area contributed by atoms with Crippen molar-refractivity contribution in [2.24, 2.45) is 5.92 Å². The van der Waals surface area contributed by atoms with Crippen LogP contribution in [0.15, 0.2) is 30.5 Å². The van der Waals surface area contributed by atoms with E-state index in [1.165, 1.54) is 6.92 Å². The molecule has 0 radical (unpaired) electrons. The Morgan fingerprint density at radius 1 is 1.18 bits per heavy atom. The maximum Gasteiger partial charge on any atom is 0.256 e. The van der Waals surface area contributed by atoms with Crippen molar-refractivity contribution in [2.45, 2.75) is 46.1 Å². The van der Waals surface area contributed by atoms with Crippen LogP contribution in [0.1, 0.15) is 60.8 Å². The number of aromatic nitrogens is 3. The molecule has 0 bridgehead atoms. The van der Waals surface area contributed by atoms with Crippen LogP contribution >= 0.6 is 11.6 Å². The van der Waals surface area contributed by atoms with E-state index < -0.39 is 0 Å². The van der Waals surface area contributed by atoms with Crippen LogP contribution in [0.5, 0.6) is 0 Å². The number of carbonyl (C=O) groups is 2. The van der Waals surface area contributed by atoms with Crippen molar-refractivity contribution >= 4 is 40.6 Å². The van der Waals surface area contributed by atoms with Crippen LogP contribution in [0.2, 0.25) is 5.02 Å². The first kappa shape index (κ1) is 22.7. The number of aryl methyl sites for hydroxylation is 1. The second-order valence-electron chi connectivity index (χ2n) is 9.51. The number of halogens is 1. The van der Waals surface area contributed by atoms with Gasteiger partial charge in [0.25, 0.3) is 5.91 Å². The van der Waals surface area contributed by atoms with Crippen LogP contribution in [-0.4, -0.2) is 50.9 Å². The van der Waals surface area contributed by atoms with Gasteiger partial charge in [0.05, 0.1) is 23.0 Å². The first-order valence-electron chi connectivity index (χ1n) is 11.8. The average molecular weight is 481 g/mol. The lowest BCUT2D eigenvalue weighted by Crippen LogP contribution is -2.46. The molecule has 1 N–H and O–H groups in total. The second-order valence-corrected chi connectivity index (χ2v) is 9.95. The fraction of sp³-hybridized carbons (Fsp3) is 0.440. The molecule has 0 aliphatic carbocycles. The Hall–Kier alpha value is -3.13. The first-order valence-corrected chi connectivity index (χ1v) is 12.2. The highest BCUT2D eigenvalue weighted by atomic mass is 35.5. The summed E-state index contributed by atoms with van der Waals surface area (Å²) in [7, 11) is 0. The van der Waals surface area contributed by atoms with Crippen molar-refractivity contribution in [2.75, 3.05) is 29.9 Å². The molecule has 2 aliphatic rings. The number of benzene rings is 1. The molecule has 0 unspecified atom stereocenters. The largest absolute Gasteiger partial charge is 0.356 e. The standard InChI is InChI=1S/C25H29ClN6O2/c1-15-12-30(13-15)24-16(2)14-32-23(28-24)11-21(29-32)22-6-4-5-9-31(22)25(34)19-10-18(26)7-8-20(19)27-17(3)33/h7-8,10-11,14-15,22H,4-6,9,12-13H2,1-3H3,(H,27,33)/t22-/m0/s1. The minimum Gasteiger partial charge on any atom is -0.356 e. The lowest BCUT2D eigenvalue weighted by Gasteiger charge is -2.38. The van der Waals surface area contributed by atoms with E-state index in [1.807, 2.05) is 21.7 Å². The molecule has 5 rings (SSSR count). The van der Waals surface area contributed by atoms with Gasteiger partial charge in [-0.3, -0.25) is 9.59 Å². The SMILES string of the molecule is CC(=O)Nc1ccc(Cl)cc1C(=O)N1CCCC[C@H]1c1cc2nc(N3CC(C)C3)c(C)cn2n1. The number of likely N-dealkylation sites (tertiary alicyclic amines) is 1. The van der Waals surface area contributed by atoms with E-state index in [0.717, 1.165) is 55.1 Å². The number of amides is 2. The summed E-state index contributed by atoms with van der Waals surface area (Å²) >= 11 is 6.21. The van der Waals surface area contributed by atoms with Crippen molar-refractivity contribution in [3.63, 3.8) is 0 Å². The Morgan fingerprint density at radius 3 is 2.71 bits per heavy atom. The van der Waals surface area contributed by atoms with Crippen LogP contribution in [0, 0.1) is 12.8 Å². The Morgan fingerprint density at radius 2 is 1.97 bits per heavy atom. The molecule has 2 fully saturated rings. The summed E-state index contributed by atoms with van der Waals surface area (Å²) < 4.78 is 1.82. The number of carbonyl (C=O) groups excluding carboxylic acids is 2. The Balaban J connectivity index is 1.48. The Labute approximate surface area is 203 Å². The number of rotatable bonds is 4. The Kier molecular flexibility index (Phi) is 5.93. The summed E-state index contributed by atoms with van der Waals surface area (Å²) in [5, 5.41) is 8.02. The zero-order chi connectivity index (χ0) is 24.0.